The normalized spacial score (nSPS) is 13.1. The van der Waals surface area contributed by atoms with Gasteiger partial charge in [0.25, 0.3) is 0 Å². The van der Waals surface area contributed by atoms with Gasteiger partial charge in [0.1, 0.15) is 29.8 Å². The minimum Gasteiger partial charge on any atom is -0.457 e. The Bertz CT molecular complexity index is 3330. The Labute approximate surface area is 407 Å². The van der Waals surface area contributed by atoms with Gasteiger partial charge < -0.3 is 14.5 Å². The fraction of sp³-hybridized carbons (Fsp3) is 0.254. The molecule has 0 N–H and O–H groups in total. The summed E-state index contributed by atoms with van der Waals surface area (Å²) < 4.78 is 23.5. The highest BCUT2D eigenvalue weighted by molar-refractivity contribution is 6.09. The number of fused-ring (bicyclic) bond motifs is 4. The molecule has 0 unspecified atom stereocenters. The van der Waals surface area contributed by atoms with Crippen LogP contribution in [-0.2, 0) is 10.8 Å². The van der Waals surface area contributed by atoms with Crippen molar-refractivity contribution in [3.8, 4) is 39.6 Å². The van der Waals surface area contributed by atoms with Gasteiger partial charge >= 0.3 is 0 Å². The molecular formula is C63H63FN4O. The lowest BCUT2D eigenvalue weighted by Gasteiger charge is -2.30. The summed E-state index contributed by atoms with van der Waals surface area (Å²) in [6.07, 6.45) is 1.85. The van der Waals surface area contributed by atoms with Crippen molar-refractivity contribution in [2.24, 2.45) is 0 Å². The van der Waals surface area contributed by atoms with E-state index in [1.807, 2.05) is 30.5 Å². The van der Waals surface area contributed by atoms with E-state index in [-0.39, 0.29) is 28.5 Å². The lowest BCUT2D eigenvalue weighted by atomic mass is 9.79. The zero-order chi connectivity index (χ0) is 48.5. The first-order chi connectivity index (χ1) is 32.9. The van der Waals surface area contributed by atoms with E-state index < -0.39 is 0 Å². The van der Waals surface area contributed by atoms with Crippen LogP contribution in [0.4, 0.5) is 27.1 Å². The Kier molecular flexibility index (Phi) is 11.5. The number of benzene rings is 7. The summed E-state index contributed by atoms with van der Waals surface area (Å²) in [5.74, 6) is 2.58. The van der Waals surface area contributed by atoms with E-state index in [4.69, 9.17) is 9.72 Å². The van der Waals surface area contributed by atoms with Crippen molar-refractivity contribution in [2.45, 2.75) is 98.8 Å². The number of rotatable bonds is 9. The van der Waals surface area contributed by atoms with Crippen molar-refractivity contribution in [3.63, 3.8) is 0 Å². The zero-order valence-electron chi connectivity index (χ0n) is 41.9. The second-order valence-electron chi connectivity index (χ2n) is 21.6. The maximum Gasteiger partial charge on any atom is 0.137 e. The number of hydrogen-bond donors (Lipinski definition) is 0. The van der Waals surface area contributed by atoms with Gasteiger partial charge in [0.2, 0.25) is 0 Å². The number of aromatic nitrogens is 2. The first kappa shape index (κ1) is 45.6. The van der Waals surface area contributed by atoms with E-state index >= 15 is 0 Å². The van der Waals surface area contributed by atoms with Crippen LogP contribution in [0, 0.1) is 12.7 Å². The lowest BCUT2D eigenvalue weighted by Crippen LogP contribution is -2.26. The SMILES string of the molecule is Cc1ccc2c(c1)N(c1c(C(C)C)cc(-c3ccc(F)cc3)cc1C(C)C)CN2c1cc(Oc2ccc3c4ccccc4n(-c4ccccn4)c3c2)cc(-c2cc(C(C)(C)C)cc(C(C)(C)C)c2)c1. The fourth-order valence-electron chi connectivity index (χ4n) is 9.97. The van der Waals surface area contributed by atoms with Crippen molar-refractivity contribution in [2.75, 3.05) is 16.5 Å². The molecule has 69 heavy (non-hydrogen) atoms. The van der Waals surface area contributed by atoms with Gasteiger partial charge in [-0.1, -0.05) is 130 Å². The monoisotopic (exact) mass is 910 g/mol. The zero-order valence-corrected chi connectivity index (χ0v) is 41.9. The van der Waals surface area contributed by atoms with E-state index in [1.165, 1.54) is 44.6 Å². The second kappa shape index (κ2) is 17.4. The summed E-state index contributed by atoms with van der Waals surface area (Å²) in [4.78, 5) is 9.76. The van der Waals surface area contributed by atoms with Gasteiger partial charge in [-0.25, -0.2) is 9.37 Å². The molecule has 0 spiro atoms. The predicted molar refractivity (Wildman–Crippen MR) is 288 cm³/mol. The van der Waals surface area contributed by atoms with Crippen molar-refractivity contribution in [3.05, 3.63) is 191 Å². The Morgan fingerprint density at radius 3 is 1.83 bits per heavy atom. The summed E-state index contributed by atoms with van der Waals surface area (Å²) >= 11 is 0. The van der Waals surface area contributed by atoms with Crippen LogP contribution in [0.3, 0.4) is 0 Å². The molecule has 0 fully saturated rings. The number of pyridine rings is 1. The van der Waals surface area contributed by atoms with Crippen molar-refractivity contribution >= 4 is 44.6 Å². The number of nitrogens with zero attached hydrogens (tertiary/aromatic N) is 4. The number of hydrogen-bond acceptors (Lipinski definition) is 4. The van der Waals surface area contributed by atoms with Crippen molar-refractivity contribution < 1.29 is 9.13 Å². The topological polar surface area (TPSA) is 33.5 Å². The molecule has 0 aliphatic carbocycles. The highest BCUT2D eigenvalue weighted by Gasteiger charge is 2.33. The molecule has 6 heteroatoms. The number of ether oxygens (including phenoxy) is 1. The minimum absolute atomic E-state index is 0.0603. The largest absolute Gasteiger partial charge is 0.457 e. The maximum absolute atomic E-state index is 14.2. The van der Waals surface area contributed by atoms with Crippen LogP contribution in [0.5, 0.6) is 11.5 Å². The predicted octanol–water partition coefficient (Wildman–Crippen LogP) is 17.8. The number of aryl methyl sites for hydroxylation is 1. The molecule has 0 radical (unpaired) electrons. The fourth-order valence-corrected chi connectivity index (χ4v) is 9.97. The van der Waals surface area contributed by atoms with Crippen LogP contribution in [0.1, 0.15) is 109 Å². The summed E-state index contributed by atoms with van der Waals surface area (Å²) in [5.41, 5.74) is 17.3. The average Bonchev–Trinajstić information content (AvgIpc) is 3.86. The van der Waals surface area contributed by atoms with Crippen molar-refractivity contribution in [1.29, 1.82) is 0 Å². The summed E-state index contributed by atoms with van der Waals surface area (Å²) in [5, 5.41) is 2.31. The van der Waals surface area contributed by atoms with Crippen molar-refractivity contribution in [1.82, 2.24) is 9.55 Å². The third kappa shape index (κ3) is 8.67. The molecule has 5 nitrogen and oxygen atoms in total. The van der Waals surface area contributed by atoms with E-state index in [0.717, 1.165) is 67.4 Å². The molecule has 2 aromatic heterocycles. The van der Waals surface area contributed by atoms with E-state index in [9.17, 15) is 4.39 Å². The molecule has 1 aliphatic rings. The van der Waals surface area contributed by atoms with Gasteiger partial charge in [0, 0.05) is 40.5 Å². The highest BCUT2D eigenvalue weighted by Crippen LogP contribution is 2.51. The molecule has 3 heterocycles. The Morgan fingerprint density at radius 1 is 0.536 bits per heavy atom. The molecule has 0 amide bonds. The lowest BCUT2D eigenvalue weighted by molar-refractivity contribution is 0.483. The van der Waals surface area contributed by atoms with Gasteiger partial charge in [-0.15, -0.1) is 0 Å². The summed E-state index contributed by atoms with van der Waals surface area (Å²) in [7, 11) is 0. The van der Waals surface area contributed by atoms with Crippen LogP contribution in [0.2, 0.25) is 0 Å². The molecular weight excluding hydrogens is 848 g/mol. The van der Waals surface area contributed by atoms with E-state index in [2.05, 4.69) is 206 Å². The second-order valence-corrected chi connectivity index (χ2v) is 21.6. The highest BCUT2D eigenvalue weighted by atomic mass is 19.1. The summed E-state index contributed by atoms with van der Waals surface area (Å²) in [6.45, 7) is 25.7. The minimum atomic E-state index is -0.229. The molecule has 10 rings (SSSR count). The van der Waals surface area contributed by atoms with Gasteiger partial charge in [-0.2, -0.15) is 0 Å². The van der Waals surface area contributed by atoms with E-state index in [1.54, 1.807) is 12.1 Å². The number of halogens is 1. The van der Waals surface area contributed by atoms with Crippen LogP contribution in [0.15, 0.2) is 158 Å². The van der Waals surface area contributed by atoms with Crippen LogP contribution in [-0.4, -0.2) is 16.2 Å². The Morgan fingerprint density at radius 2 is 1.17 bits per heavy atom. The third-order valence-electron chi connectivity index (χ3n) is 13.8. The van der Waals surface area contributed by atoms with E-state index in [0.29, 0.717) is 6.67 Å². The van der Waals surface area contributed by atoms with Crippen LogP contribution < -0.4 is 14.5 Å². The number of para-hydroxylation sites is 1. The Hall–Kier alpha value is -7.18. The molecule has 0 atom stereocenters. The Balaban J connectivity index is 1.15. The molecule has 348 valence electrons. The molecule has 9 aromatic rings. The van der Waals surface area contributed by atoms with Gasteiger partial charge in [-0.3, -0.25) is 4.57 Å². The molecule has 0 saturated heterocycles. The molecule has 1 aliphatic heterocycles. The number of anilines is 4. The smallest absolute Gasteiger partial charge is 0.137 e. The molecule has 0 bridgehead atoms. The van der Waals surface area contributed by atoms with Gasteiger partial charge in [0.15, 0.2) is 0 Å². The molecule has 7 aromatic carbocycles. The van der Waals surface area contributed by atoms with Crippen LogP contribution in [0.25, 0.3) is 49.9 Å². The first-order valence-electron chi connectivity index (χ1n) is 24.4. The standard InChI is InChI=1S/C63H63FN4O/c1-39(2)54-33-45(42-20-22-48(64)23-21-42)34-55(40(3)4)61(54)67-38-66(57-26-19-41(5)28-59(57)67)49-31-44(43-29-46(62(6,7)8)35-47(30-43)63(9,10)11)32-51(36-49)69-50-24-25-53-52-16-12-13-17-56(52)68(58(53)37-50)60-18-14-15-27-65-60/h12-37,39-40H,38H2,1-11H3. The average molecular weight is 911 g/mol. The van der Waals surface area contributed by atoms with Crippen LogP contribution >= 0.6 is 0 Å². The van der Waals surface area contributed by atoms with Gasteiger partial charge in [0.05, 0.1) is 22.4 Å². The third-order valence-corrected chi connectivity index (χ3v) is 13.8. The molecule has 0 saturated carbocycles. The first-order valence-corrected chi connectivity index (χ1v) is 24.4. The van der Waals surface area contributed by atoms with Gasteiger partial charge in [-0.05, 0) is 159 Å². The summed E-state index contributed by atoms with van der Waals surface area (Å²) in [6, 6.07) is 53.2. The maximum atomic E-state index is 14.2. The quantitative estimate of drug-likeness (QED) is 0.144.